The normalized spacial score (nSPS) is 26.3. The van der Waals surface area contributed by atoms with Crippen LogP contribution >= 0.6 is 0 Å². The summed E-state index contributed by atoms with van der Waals surface area (Å²) in [5, 5.41) is 0. The predicted octanol–water partition coefficient (Wildman–Crippen LogP) is 2.50. The van der Waals surface area contributed by atoms with E-state index >= 15 is 0 Å². The fourth-order valence-corrected chi connectivity index (χ4v) is 5.42. The molecule has 0 radical (unpaired) electrons. The molecule has 0 saturated carbocycles. The second-order valence-electron chi connectivity index (χ2n) is 7.25. The van der Waals surface area contributed by atoms with Gasteiger partial charge in [0.15, 0.2) is 0 Å². The monoisotopic (exact) mass is 326 g/mol. The van der Waals surface area contributed by atoms with Gasteiger partial charge in [0, 0.05) is 36.0 Å². The molecule has 6 nitrogen and oxygen atoms in total. The van der Waals surface area contributed by atoms with Crippen molar-refractivity contribution >= 4 is 23.0 Å². The van der Waals surface area contributed by atoms with E-state index < -0.39 is 0 Å². The summed E-state index contributed by atoms with van der Waals surface area (Å²) in [6.07, 6.45) is 11.6. The van der Waals surface area contributed by atoms with Crippen LogP contribution in [0, 0.1) is 0 Å². The first kappa shape index (κ1) is 12.4. The van der Waals surface area contributed by atoms with Gasteiger partial charge < -0.3 is 9.80 Å². The second-order valence-corrected chi connectivity index (χ2v) is 7.25. The molecule has 0 aromatic carbocycles. The van der Waals surface area contributed by atoms with Crippen molar-refractivity contribution < 1.29 is 0 Å². The van der Waals surface area contributed by atoms with E-state index in [1.54, 1.807) is 6.33 Å². The van der Waals surface area contributed by atoms with Gasteiger partial charge in [-0.2, -0.15) is 0 Å². The Morgan fingerprint density at radius 2 is 1.36 bits per heavy atom. The third-order valence-corrected chi connectivity index (χ3v) is 6.28. The Labute approximate surface area is 144 Å². The van der Waals surface area contributed by atoms with Gasteiger partial charge in [-0.15, -0.1) is 0 Å². The van der Waals surface area contributed by atoms with Gasteiger partial charge in [-0.05, 0) is 36.1 Å². The van der Waals surface area contributed by atoms with Crippen molar-refractivity contribution in [3.05, 3.63) is 59.9 Å². The molecule has 2 unspecified atom stereocenters. The van der Waals surface area contributed by atoms with E-state index in [0.29, 0.717) is 18.0 Å². The lowest BCUT2D eigenvalue weighted by atomic mass is 9.87. The Hall–Kier alpha value is -3.02. The largest absolute Gasteiger partial charge is 0.320 e. The van der Waals surface area contributed by atoms with Crippen LogP contribution in [0.5, 0.6) is 0 Å². The van der Waals surface area contributed by atoms with Crippen LogP contribution in [0.4, 0.5) is 23.0 Å². The van der Waals surface area contributed by atoms with Crippen LogP contribution < -0.4 is 9.80 Å². The summed E-state index contributed by atoms with van der Waals surface area (Å²) in [5.74, 6) is 2.59. The minimum atomic E-state index is 0.418. The highest BCUT2D eigenvalue weighted by atomic mass is 15.4. The fourth-order valence-electron chi connectivity index (χ4n) is 5.42. The zero-order valence-electron chi connectivity index (χ0n) is 13.4. The lowest BCUT2D eigenvalue weighted by molar-refractivity contribution is 0.503. The Morgan fingerprint density at radius 1 is 0.800 bits per heavy atom. The van der Waals surface area contributed by atoms with Crippen LogP contribution in [0.15, 0.2) is 43.2 Å². The smallest absolute Gasteiger partial charge is 0.142 e. The molecule has 0 bridgehead atoms. The Bertz CT molecular complexity index is 984. The molecule has 4 aliphatic heterocycles. The van der Waals surface area contributed by atoms with Crippen LogP contribution in [0.25, 0.3) is 0 Å². The molecule has 4 aliphatic rings. The minimum Gasteiger partial charge on any atom is -0.320 e. The van der Waals surface area contributed by atoms with Crippen molar-refractivity contribution in [1.29, 1.82) is 0 Å². The van der Waals surface area contributed by atoms with E-state index in [4.69, 9.17) is 0 Å². The maximum absolute atomic E-state index is 4.68. The molecule has 0 saturated heterocycles. The summed E-state index contributed by atoms with van der Waals surface area (Å²) in [4.78, 5) is 22.9. The molecule has 0 fully saturated rings. The van der Waals surface area contributed by atoms with Gasteiger partial charge in [-0.25, -0.2) is 9.97 Å². The second kappa shape index (κ2) is 3.96. The summed E-state index contributed by atoms with van der Waals surface area (Å²) in [7, 11) is 0. The van der Waals surface area contributed by atoms with E-state index in [0.717, 1.165) is 24.5 Å². The molecular weight excluding hydrogens is 312 g/mol. The molecule has 3 aromatic heterocycles. The van der Waals surface area contributed by atoms with Gasteiger partial charge in [0.1, 0.15) is 18.0 Å². The van der Waals surface area contributed by atoms with Gasteiger partial charge in [0.25, 0.3) is 0 Å². The van der Waals surface area contributed by atoms with E-state index in [9.17, 15) is 0 Å². The van der Waals surface area contributed by atoms with Crippen LogP contribution in [0.1, 0.15) is 22.6 Å². The van der Waals surface area contributed by atoms with Crippen molar-refractivity contribution in [1.82, 2.24) is 19.9 Å². The highest BCUT2D eigenvalue weighted by Gasteiger charge is 2.57. The van der Waals surface area contributed by atoms with Crippen LogP contribution in [0.2, 0.25) is 0 Å². The first-order chi connectivity index (χ1) is 12.4. The number of fused-ring (bicyclic) bond motifs is 10. The number of nitrogens with zero attached hydrogens (tertiary/aromatic N) is 6. The van der Waals surface area contributed by atoms with Crippen molar-refractivity contribution in [3.8, 4) is 0 Å². The number of aromatic nitrogens is 4. The number of anilines is 4. The lowest BCUT2D eigenvalue weighted by Gasteiger charge is -2.29. The first-order valence-corrected chi connectivity index (χ1v) is 8.71. The maximum Gasteiger partial charge on any atom is 0.142 e. The molecule has 0 spiro atoms. The molecular formula is C19H14N6. The first-order valence-electron chi connectivity index (χ1n) is 8.71. The summed E-state index contributed by atoms with van der Waals surface area (Å²) in [6, 6.07) is 5.13. The SMILES string of the molecule is c1cc2c(cn1)N1c3ncnc4c3C(C1C2)C1Cc2ccncc2N41. The average molecular weight is 326 g/mol. The zero-order valence-corrected chi connectivity index (χ0v) is 13.4. The number of hydrogen-bond donors (Lipinski definition) is 0. The summed E-state index contributed by atoms with van der Waals surface area (Å²) < 4.78 is 0. The van der Waals surface area contributed by atoms with Crippen molar-refractivity contribution in [2.45, 2.75) is 30.8 Å². The van der Waals surface area contributed by atoms with E-state index in [1.165, 1.54) is 28.1 Å². The molecule has 0 amide bonds. The average Bonchev–Trinajstić information content (AvgIpc) is 3.35. The minimum absolute atomic E-state index is 0.418. The van der Waals surface area contributed by atoms with Crippen molar-refractivity contribution in [3.63, 3.8) is 0 Å². The molecule has 7 rings (SSSR count). The van der Waals surface area contributed by atoms with Gasteiger partial charge >= 0.3 is 0 Å². The molecule has 2 atom stereocenters. The summed E-state index contributed by atoms with van der Waals surface area (Å²) >= 11 is 0. The van der Waals surface area contributed by atoms with Gasteiger partial charge in [0.05, 0.1) is 23.8 Å². The molecule has 0 aliphatic carbocycles. The van der Waals surface area contributed by atoms with E-state index in [-0.39, 0.29) is 0 Å². The quantitative estimate of drug-likeness (QED) is 0.633. The number of pyridine rings is 2. The highest BCUT2D eigenvalue weighted by Crippen LogP contribution is 2.61. The Kier molecular flexibility index (Phi) is 1.96. The van der Waals surface area contributed by atoms with E-state index in [2.05, 4.69) is 41.9 Å². The maximum atomic E-state index is 4.68. The molecule has 3 aromatic rings. The topological polar surface area (TPSA) is 58.0 Å². The van der Waals surface area contributed by atoms with Gasteiger partial charge in [-0.3, -0.25) is 9.97 Å². The highest BCUT2D eigenvalue weighted by molar-refractivity contribution is 5.86. The third kappa shape index (κ3) is 1.28. The Morgan fingerprint density at radius 3 is 1.92 bits per heavy atom. The summed E-state index contributed by atoms with van der Waals surface area (Å²) in [6.45, 7) is 0. The predicted molar refractivity (Wildman–Crippen MR) is 92.5 cm³/mol. The lowest BCUT2D eigenvalue weighted by Crippen LogP contribution is -2.37. The van der Waals surface area contributed by atoms with Crippen molar-refractivity contribution in [2.24, 2.45) is 0 Å². The molecule has 120 valence electrons. The van der Waals surface area contributed by atoms with E-state index in [1.807, 2.05) is 24.8 Å². The Balaban J connectivity index is 1.48. The van der Waals surface area contributed by atoms with Gasteiger partial charge in [0.2, 0.25) is 0 Å². The molecule has 7 heterocycles. The standard InChI is InChI=1S/C19H14N6/c1-3-20-7-14-10(1)5-12-16-13-6-11-2-4-21-8-15(11)25(13)19-17(16)18(24(12)14)22-9-23-19/h1-4,7-9,12-13,16H,5-6H2. The van der Waals surface area contributed by atoms with Crippen molar-refractivity contribution in [2.75, 3.05) is 9.80 Å². The van der Waals surface area contributed by atoms with Crippen LogP contribution in [0.3, 0.4) is 0 Å². The summed E-state index contributed by atoms with van der Waals surface area (Å²) in [5.41, 5.74) is 6.50. The van der Waals surface area contributed by atoms with Crippen LogP contribution in [-0.2, 0) is 12.8 Å². The van der Waals surface area contributed by atoms with Gasteiger partial charge in [-0.1, -0.05) is 0 Å². The number of hydrogen-bond acceptors (Lipinski definition) is 6. The molecule has 0 N–H and O–H groups in total. The van der Waals surface area contributed by atoms with Crippen LogP contribution in [-0.4, -0.2) is 32.0 Å². The third-order valence-electron chi connectivity index (χ3n) is 6.28. The zero-order chi connectivity index (χ0) is 16.1. The molecule has 6 heteroatoms. The molecule has 25 heavy (non-hydrogen) atoms. The fraction of sp³-hybridized carbons (Fsp3) is 0.263. The number of rotatable bonds is 0.